The molecule has 0 amide bonds. The molecule has 1 heterocycles. The molecule has 0 spiro atoms. The van der Waals surface area contributed by atoms with Gasteiger partial charge in [0.15, 0.2) is 0 Å². The lowest BCUT2D eigenvalue weighted by atomic mass is 10.1. The minimum absolute atomic E-state index is 0.218. The first-order chi connectivity index (χ1) is 9.36. The van der Waals surface area contributed by atoms with Crippen molar-refractivity contribution in [2.45, 2.75) is 31.8 Å². The second-order valence-corrected chi connectivity index (χ2v) is 7.19. The van der Waals surface area contributed by atoms with Crippen LogP contribution in [0.2, 0.25) is 0 Å². The molecule has 1 atom stereocenters. The van der Waals surface area contributed by atoms with Crippen molar-refractivity contribution in [2.24, 2.45) is 5.73 Å². The lowest BCUT2D eigenvalue weighted by molar-refractivity contribution is 0.00448. The van der Waals surface area contributed by atoms with Crippen LogP contribution in [0, 0.1) is 20.8 Å². The Labute approximate surface area is 120 Å². The van der Waals surface area contributed by atoms with Gasteiger partial charge in [0.2, 0.25) is 10.0 Å². The van der Waals surface area contributed by atoms with Crippen molar-refractivity contribution in [1.29, 1.82) is 0 Å². The average molecular weight is 298 g/mol. The van der Waals surface area contributed by atoms with E-state index in [-0.39, 0.29) is 6.10 Å². The number of rotatable bonds is 3. The standard InChI is InChI=1S/C14H22N2O3S/c1-10-6-11(2)14(12(3)7-10)20(17,18)16-4-5-19-13(8-15)9-16/h6-7,13H,4-5,8-9,15H2,1-3H3. The minimum atomic E-state index is -3.49. The fourth-order valence-electron chi connectivity index (χ4n) is 2.76. The normalized spacial score (nSPS) is 21.1. The zero-order valence-electron chi connectivity index (χ0n) is 12.2. The quantitative estimate of drug-likeness (QED) is 0.902. The van der Waals surface area contributed by atoms with E-state index in [1.54, 1.807) is 0 Å². The molecular weight excluding hydrogens is 276 g/mol. The minimum Gasteiger partial charge on any atom is -0.374 e. The van der Waals surface area contributed by atoms with E-state index in [1.807, 2.05) is 32.9 Å². The Kier molecular flexibility index (Phi) is 4.49. The van der Waals surface area contributed by atoms with Gasteiger partial charge in [0.05, 0.1) is 17.6 Å². The summed E-state index contributed by atoms with van der Waals surface area (Å²) in [6.07, 6.45) is -0.218. The van der Waals surface area contributed by atoms with Crippen LogP contribution in [-0.4, -0.2) is 45.1 Å². The van der Waals surface area contributed by atoms with E-state index in [2.05, 4.69) is 0 Å². The first kappa shape index (κ1) is 15.4. The van der Waals surface area contributed by atoms with Gasteiger partial charge in [-0.3, -0.25) is 0 Å². The van der Waals surface area contributed by atoms with Crippen molar-refractivity contribution in [2.75, 3.05) is 26.2 Å². The third-order valence-corrected chi connectivity index (χ3v) is 5.74. The predicted octanol–water partition coefficient (Wildman–Crippen LogP) is 0.960. The van der Waals surface area contributed by atoms with Crippen molar-refractivity contribution < 1.29 is 13.2 Å². The maximum Gasteiger partial charge on any atom is 0.243 e. The van der Waals surface area contributed by atoms with Gasteiger partial charge in [0.25, 0.3) is 0 Å². The number of benzene rings is 1. The Morgan fingerprint density at radius 2 is 1.90 bits per heavy atom. The van der Waals surface area contributed by atoms with Gasteiger partial charge in [-0.05, 0) is 31.9 Å². The second-order valence-electron chi connectivity index (χ2n) is 5.32. The molecule has 1 fully saturated rings. The van der Waals surface area contributed by atoms with Crippen LogP contribution in [0.5, 0.6) is 0 Å². The first-order valence-electron chi connectivity index (χ1n) is 6.76. The Balaban J connectivity index is 2.40. The maximum absolute atomic E-state index is 12.8. The van der Waals surface area contributed by atoms with E-state index in [1.165, 1.54) is 4.31 Å². The second kappa shape index (κ2) is 5.81. The SMILES string of the molecule is Cc1cc(C)c(S(=O)(=O)N2CCOC(CN)C2)c(C)c1. The topological polar surface area (TPSA) is 72.6 Å². The lowest BCUT2D eigenvalue weighted by Crippen LogP contribution is -2.48. The third kappa shape index (κ3) is 2.88. The van der Waals surface area contributed by atoms with E-state index in [4.69, 9.17) is 10.5 Å². The van der Waals surface area contributed by atoms with Crippen LogP contribution in [0.15, 0.2) is 17.0 Å². The van der Waals surface area contributed by atoms with Crippen LogP contribution in [-0.2, 0) is 14.8 Å². The van der Waals surface area contributed by atoms with Crippen LogP contribution in [0.1, 0.15) is 16.7 Å². The Hall–Kier alpha value is -0.950. The molecule has 0 aromatic heterocycles. The Morgan fingerprint density at radius 1 is 1.30 bits per heavy atom. The summed E-state index contributed by atoms with van der Waals surface area (Å²) in [5.74, 6) is 0. The van der Waals surface area contributed by atoms with Gasteiger partial charge >= 0.3 is 0 Å². The van der Waals surface area contributed by atoms with Crippen LogP contribution < -0.4 is 5.73 Å². The zero-order valence-corrected chi connectivity index (χ0v) is 13.0. The number of aryl methyl sites for hydroxylation is 3. The van der Waals surface area contributed by atoms with Gasteiger partial charge in [-0.15, -0.1) is 0 Å². The number of morpholine rings is 1. The third-order valence-electron chi connectivity index (χ3n) is 3.57. The highest BCUT2D eigenvalue weighted by atomic mass is 32.2. The summed E-state index contributed by atoms with van der Waals surface area (Å²) in [6, 6.07) is 3.81. The van der Waals surface area contributed by atoms with Gasteiger partial charge in [-0.25, -0.2) is 8.42 Å². The zero-order chi connectivity index (χ0) is 14.9. The molecule has 0 saturated carbocycles. The van der Waals surface area contributed by atoms with Crippen molar-refractivity contribution in [3.63, 3.8) is 0 Å². The van der Waals surface area contributed by atoms with Crippen LogP contribution >= 0.6 is 0 Å². The summed E-state index contributed by atoms with van der Waals surface area (Å²) in [5.41, 5.74) is 8.23. The monoisotopic (exact) mass is 298 g/mol. The largest absolute Gasteiger partial charge is 0.374 e. The number of hydrogen-bond donors (Lipinski definition) is 1. The molecule has 1 saturated heterocycles. The number of hydrogen-bond acceptors (Lipinski definition) is 4. The molecule has 1 aliphatic rings. The summed E-state index contributed by atoms with van der Waals surface area (Å²) in [4.78, 5) is 0.417. The van der Waals surface area contributed by atoms with Gasteiger partial charge in [-0.1, -0.05) is 17.7 Å². The summed E-state index contributed by atoms with van der Waals surface area (Å²) in [7, 11) is -3.49. The molecule has 1 aromatic rings. The fraction of sp³-hybridized carbons (Fsp3) is 0.571. The van der Waals surface area contributed by atoms with E-state index < -0.39 is 10.0 Å². The van der Waals surface area contributed by atoms with Crippen molar-refractivity contribution in [3.05, 3.63) is 28.8 Å². The number of sulfonamides is 1. The molecule has 112 valence electrons. The summed E-state index contributed by atoms with van der Waals surface area (Å²) in [6.45, 7) is 7.08. The smallest absolute Gasteiger partial charge is 0.243 e. The summed E-state index contributed by atoms with van der Waals surface area (Å²) in [5, 5.41) is 0. The maximum atomic E-state index is 12.8. The van der Waals surface area contributed by atoms with Gasteiger partial charge in [0.1, 0.15) is 0 Å². The van der Waals surface area contributed by atoms with Gasteiger partial charge in [-0.2, -0.15) is 4.31 Å². The highest BCUT2D eigenvalue weighted by Crippen LogP contribution is 2.26. The van der Waals surface area contributed by atoms with Crippen molar-refractivity contribution in [3.8, 4) is 0 Å². The van der Waals surface area contributed by atoms with Crippen molar-refractivity contribution in [1.82, 2.24) is 4.31 Å². The van der Waals surface area contributed by atoms with Crippen molar-refractivity contribution >= 4 is 10.0 Å². The Bertz CT molecular complexity index is 575. The summed E-state index contributed by atoms with van der Waals surface area (Å²) < 4.78 is 32.6. The van der Waals surface area contributed by atoms with Crippen LogP contribution in [0.25, 0.3) is 0 Å². The van der Waals surface area contributed by atoms with Crippen LogP contribution in [0.4, 0.5) is 0 Å². The molecule has 5 nitrogen and oxygen atoms in total. The van der Waals surface area contributed by atoms with E-state index >= 15 is 0 Å². The molecule has 1 aromatic carbocycles. The molecule has 2 rings (SSSR count). The highest BCUT2D eigenvalue weighted by molar-refractivity contribution is 7.89. The molecule has 6 heteroatoms. The first-order valence-corrected chi connectivity index (χ1v) is 8.20. The summed E-state index contributed by atoms with van der Waals surface area (Å²) >= 11 is 0. The van der Waals surface area contributed by atoms with Crippen LogP contribution in [0.3, 0.4) is 0 Å². The molecular formula is C14H22N2O3S. The Morgan fingerprint density at radius 3 is 2.45 bits per heavy atom. The number of nitrogens with two attached hydrogens (primary N) is 1. The van der Waals surface area contributed by atoms with E-state index in [0.717, 1.165) is 16.7 Å². The molecule has 2 N–H and O–H groups in total. The lowest BCUT2D eigenvalue weighted by Gasteiger charge is -2.32. The molecule has 0 aliphatic carbocycles. The predicted molar refractivity (Wildman–Crippen MR) is 78.2 cm³/mol. The molecule has 0 radical (unpaired) electrons. The number of nitrogens with zero attached hydrogens (tertiary/aromatic N) is 1. The average Bonchev–Trinajstić information content (AvgIpc) is 2.37. The van der Waals surface area contributed by atoms with Gasteiger partial charge < -0.3 is 10.5 Å². The molecule has 0 bridgehead atoms. The molecule has 20 heavy (non-hydrogen) atoms. The molecule has 1 unspecified atom stereocenters. The van der Waals surface area contributed by atoms with E-state index in [9.17, 15) is 8.42 Å². The number of ether oxygens (including phenoxy) is 1. The molecule has 1 aliphatic heterocycles. The fourth-order valence-corrected chi connectivity index (χ4v) is 4.62. The highest BCUT2D eigenvalue weighted by Gasteiger charge is 2.32. The van der Waals surface area contributed by atoms with E-state index in [0.29, 0.717) is 31.1 Å². The van der Waals surface area contributed by atoms with Gasteiger partial charge in [0, 0.05) is 19.6 Å².